The fourth-order valence-electron chi connectivity index (χ4n) is 2.90. The van der Waals surface area contributed by atoms with Gasteiger partial charge in [0.15, 0.2) is 5.82 Å². The molecular formula is C15H23N3O2. The molecule has 0 amide bonds. The number of carboxylic acid groups (broad SMARTS) is 1. The summed E-state index contributed by atoms with van der Waals surface area (Å²) in [4.78, 5) is 17.6. The number of nitrogen functional groups attached to an aromatic ring is 1. The fourth-order valence-corrected chi connectivity index (χ4v) is 2.90. The van der Waals surface area contributed by atoms with Gasteiger partial charge < -0.3 is 15.7 Å². The van der Waals surface area contributed by atoms with Crippen LogP contribution < -0.4 is 10.6 Å². The van der Waals surface area contributed by atoms with Crippen LogP contribution in [0.15, 0.2) is 12.3 Å². The number of hydrogen-bond acceptors (Lipinski definition) is 4. The highest BCUT2D eigenvalue weighted by Crippen LogP contribution is 2.30. The van der Waals surface area contributed by atoms with Crippen molar-refractivity contribution in [2.75, 3.05) is 23.7 Å². The molecule has 1 aliphatic rings. The number of aromatic carboxylic acids is 1. The first-order valence-electron chi connectivity index (χ1n) is 7.23. The molecule has 2 rings (SSSR count). The predicted octanol–water partition coefficient (Wildman–Crippen LogP) is 2.62. The largest absolute Gasteiger partial charge is 0.478 e. The number of carbonyl (C=O) groups is 1. The first kappa shape index (κ1) is 14.6. The lowest BCUT2D eigenvalue weighted by molar-refractivity contribution is 0.0698. The van der Waals surface area contributed by atoms with Gasteiger partial charge in [0.25, 0.3) is 0 Å². The second-order valence-electron chi connectivity index (χ2n) is 5.82. The normalized spacial score (nSPS) is 19.9. The summed E-state index contributed by atoms with van der Waals surface area (Å²) in [6.45, 7) is 6.31. The van der Waals surface area contributed by atoms with Crippen LogP contribution in [0.1, 0.15) is 43.5 Å². The third-order valence-corrected chi connectivity index (χ3v) is 4.21. The molecule has 2 heterocycles. The molecule has 1 fully saturated rings. The van der Waals surface area contributed by atoms with Crippen LogP contribution in [-0.2, 0) is 0 Å². The Morgan fingerprint density at radius 2 is 2.20 bits per heavy atom. The summed E-state index contributed by atoms with van der Waals surface area (Å²) in [7, 11) is 0. The van der Waals surface area contributed by atoms with Crippen molar-refractivity contribution in [3.8, 4) is 0 Å². The van der Waals surface area contributed by atoms with Crippen molar-refractivity contribution in [3.63, 3.8) is 0 Å². The fraction of sp³-hybridized carbons (Fsp3) is 0.600. The Hall–Kier alpha value is -1.78. The van der Waals surface area contributed by atoms with Gasteiger partial charge in [0.05, 0.1) is 11.3 Å². The number of pyridine rings is 1. The van der Waals surface area contributed by atoms with Gasteiger partial charge in [-0.2, -0.15) is 0 Å². The minimum absolute atomic E-state index is 0.139. The van der Waals surface area contributed by atoms with E-state index in [1.165, 1.54) is 18.7 Å². The van der Waals surface area contributed by atoms with Crippen molar-refractivity contribution in [2.45, 2.75) is 33.1 Å². The summed E-state index contributed by atoms with van der Waals surface area (Å²) in [5, 5.41) is 9.13. The molecule has 0 aliphatic carbocycles. The van der Waals surface area contributed by atoms with Gasteiger partial charge >= 0.3 is 5.97 Å². The third-order valence-electron chi connectivity index (χ3n) is 4.21. The summed E-state index contributed by atoms with van der Waals surface area (Å²) in [6.07, 6.45) is 4.95. The van der Waals surface area contributed by atoms with Crippen LogP contribution in [-0.4, -0.2) is 29.1 Å². The van der Waals surface area contributed by atoms with Gasteiger partial charge in [0, 0.05) is 19.3 Å². The van der Waals surface area contributed by atoms with Crippen LogP contribution in [0.3, 0.4) is 0 Å². The maximum absolute atomic E-state index is 11.1. The van der Waals surface area contributed by atoms with E-state index in [0.29, 0.717) is 11.7 Å². The zero-order valence-electron chi connectivity index (χ0n) is 12.2. The number of aromatic nitrogens is 1. The van der Waals surface area contributed by atoms with Crippen molar-refractivity contribution in [1.29, 1.82) is 0 Å². The monoisotopic (exact) mass is 277 g/mol. The standard InChI is InChI=1S/C15H23N3O2/c1-10(2)11-4-3-8-18(9-6-11)14-13(16)12(15(19)20)5-7-17-14/h5,7,10-11H,3-4,6,8-9,16H2,1-2H3,(H,19,20). The zero-order valence-corrected chi connectivity index (χ0v) is 12.2. The Bertz CT molecular complexity index is 488. The van der Waals surface area contributed by atoms with Crippen LogP contribution in [0.5, 0.6) is 0 Å². The number of nitrogens with zero attached hydrogens (tertiary/aromatic N) is 2. The second kappa shape index (κ2) is 6.11. The van der Waals surface area contributed by atoms with Crippen LogP contribution in [0, 0.1) is 11.8 Å². The average Bonchev–Trinajstić information content (AvgIpc) is 2.64. The number of rotatable bonds is 3. The highest BCUT2D eigenvalue weighted by molar-refractivity contribution is 5.96. The second-order valence-corrected chi connectivity index (χ2v) is 5.82. The molecule has 3 N–H and O–H groups in total. The SMILES string of the molecule is CC(C)C1CCCN(c2nccc(C(=O)O)c2N)CC1. The van der Waals surface area contributed by atoms with E-state index in [2.05, 4.69) is 23.7 Å². The van der Waals surface area contributed by atoms with Crippen LogP contribution >= 0.6 is 0 Å². The number of carboxylic acids is 1. The molecule has 5 heteroatoms. The number of anilines is 2. The van der Waals surface area contributed by atoms with Gasteiger partial charge in [-0.25, -0.2) is 9.78 Å². The van der Waals surface area contributed by atoms with Gasteiger partial charge in [0.2, 0.25) is 0 Å². The highest BCUT2D eigenvalue weighted by atomic mass is 16.4. The highest BCUT2D eigenvalue weighted by Gasteiger charge is 2.23. The van der Waals surface area contributed by atoms with Crippen LogP contribution in [0.25, 0.3) is 0 Å². The Kier molecular flexibility index (Phi) is 4.47. The third kappa shape index (κ3) is 3.03. The van der Waals surface area contributed by atoms with Gasteiger partial charge in [0.1, 0.15) is 0 Å². The molecule has 0 aromatic carbocycles. The topological polar surface area (TPSA) is 79.5 Å². The van der Waals surface area contributed by atoms with E-state index >= 15 is 0 Å². The van der Waals surface area contributed by atoms with Crippen molar-refractivity contribution in [1.82, 2.24) is 4.98 Å². The minimum atomic E-state index is -0.999. The minimum Gasteiger partial charge on any atom is -0.478 e. The van der Waals surface area contributed by atoms with Gasteiger partial charge in [-0.3, -0.25) is 0 Å². The van der Waals surface area contributed by atoms with Crippen molar-refractivity contribution in [3.05, 3.63) is 17.8 Å². The van der Waals surface area contributed by atoms with Crippen molar-refractivity contribution < 1.29 is 9.90 Å². The lowest BCUT2D eigenvalue weighted by atomic mass is 9.89. The molecule has 0 saturated carbocycles. The maximum atomic E-state index is 11.1. The summed E-state index contributed by atoms with van der Waals surface area (Å²) >= 11 is 0. The lowest BCUT2D eigenvalue weighted by Crippen LogP contribution is -2.27. The maximum Gasteiger partial charge on any atom is 0.337 e. The smallest absolute Gasteiger partial charge is 0.337 e. The van der Waals surface area contributed by atoms with Gasteiger partial charge in [-0.15, -0.1) is 0 Å². The quantitative estimate of drug-likeness (QED) is 0.887. The van der Waals surface area contributed by atoms with E-state index in [1.54, 1.807) is 0 Å². The molecule has 1 aliphatic heterocycles. The Morgan fingerprint density at radius 1 is 1.45 bits per heavy atom. The molecule has 0 bridgehead atoms. The number of nitrogens with two attached hydrogens (primary N) is 1. The molecule has 1 aromatic rings. The van der Waals surface area contributed by atoms with E-state index < -0.39 is 5.97 Å². The molecule has 20 heavy (non-hydrogen) atoms. The summed E-state index contributed by atoms with van der Waals surface area (Å²) in [6, 6.07) is 1.45. The van der Waals surface area contributed by atoms with Crippen molar-refractivity contribution in [2.24, 2.45) is 11.8 Å². The Morgan fingerprint density at radius 3 is 2.85 bits per heavy atom. The molecule has 0 spiro atoms. The number of hydrogen-bond donors (Lipinski definition) is 2. The van der Waals surface area contributed by atoms with Gasteiger partial charge in [-0.05, 0) is 37.2 Å². The van der Waals surface area contributed by atoms with E-state index in [9.17, 15) is 4.79 Å². The van der Waals surface area contributed by atoms with Crippen molar-refractivity contribution >= 4 is 17.5 Å². The van der Waals surface area contributed by atoms with E-state index in [1.807, 2.05) is 0 Å². The summed E-state index contributed by atoms with van der Waals surface area (Å²) in [5.41, 5.74) is 6.39. The van der Waals surface area contributed by atoms with Crippen LogP contribution in [0.2, 0.25) is 0 Å². The average molecular weight is 277 g/mol. The van der Waals surface area contributed by atoms with Gasteiger partial charge in [-0.1, -0.05) is 13.8 Å². The summed E-state index contributed by atoms with van der Waals surface area (Å²) < 4.78 is 0. The molecule has 5 nitrogen and oxygen atoms in total. The van der Waals surface area contributed by atoms with E-state index in [-0.39, 0.29) is 11.3 Å². The molecule has 1 unspecified atom stereocenters. The molecule has 1 atom stereocenters. The molecular weight excluding hydrogens is 254 g/mol. The first-order chi connectivity index (χ1) is 9.50. The molecule has 1 aromatic heterocycles. The predicted molar refractivity (Wildman–Crippen MR) is 80.0 cm³/mol. The Balaban J connectivity index is 2.20. The van der Waals surface area contributed by atoms with E-state index in [0.717, 1.165) is 31.8 Å². The Labute approximate surface area is 119 Å². The molecule has 1 saturated heterocycles. The molecule has 110 valence electrons. The first-order valence-corrected chi connectivity index (χ1v) is 7.23. The van der Waals surface area contributed by atoms with E-state index in [4.69, 9.17) is 10.8 Å². The zero-order chi connectivity index (χ0) is 14.7. The summed E-state index contributed by atoms with van der Waals surface area (Å²) in [5.74, 6) is 1.03. The molecule has 0 radical (unpaired) electrons. The van der Waals surface area contributed by atoms with Crippen LogP contribution in [0.4, 0.5) is 11.5 Å². The lowest BCUT2D eigenvalue weighted by Gasteiger charge is -2.24.